The van der Waals surface area contributed by atoms with Gasteiger partial charge >= 0.3 is 5.97 Å². The van der Waals surface area contributed by atoms with E-state index in [4.69, 9.17) is 16.7 Å². The Kier molecular flexibility index (Phi) is 4.27. The fraction of sp³-hybridized carbons (Fsp3) is 0. The Balaban J connectivity index is 2.33. The summed E-state index contributed by atoms with van der Waals surface area (Å²) in [5.41, 5.74) is 0.0914. The van der Waals surface area contributed by atoms with Crippen molar-refractivity contribution < 1.29 is 9.90 Å². The van der Waals surface area contributed by atoms with Gasteiger partial charge in [-0.25, -0.2) is 9.78 Å². The molecule has 0 amide bonds. The quantitative estimate of drug-likeness (QED) is 0.899. The molecule has 1 N–H and O–H groups in total. The third kappa shape index (κ3) is 3.04. The fourth-order valence-electron chi connectivity index (χ4n) is 1.29. The molecule has 0 saturated carbocycles. The average molecular weight is 345 g/mol. The fourth-order valence-corrected chi connectivity index (χ4v) is 2.80. The third-order valence-electron chi connectivity index (χ3n) is 2.11. The molecule has 0 aliphatic rings. The number of carboxylic acids is 1. The molecule has 18 heavy (non-hydrogen) atoms. The zero-order chi connectivity index (χ0) is 13.1. The predicted octanol–water partition coefficient (Wildman–Crippen LogP) is 4.35. The lowest BCUT2D eigenvalue weighted by Crippen LogP contribution is -1.97. The second-order valence-corrected chi connectivity index (χ2v) is 5.66. The molecule has 0 fully saturated rings. The maximum atomic E-state index is 11.0. The van der Waals surface area contributed by atoms with Gasteiger partial charge in [-0.3, -0.25) is 0 Å². The van der Waals surface area contributed by atoms with Gasteiger partial charge in [-0.15, -0.1) is 0 Å². The van der Waals surface area contributed by atoms with E-state index in [1.165, 1.54) is 17.8 Å². The summed E-state index contributed by atoms with van der Waals surface area (Å²) in [6.45, 7) is 0. The van der Waals surface area contributed by atoms with E-state index in [0.29, 0.717) is 0 Å². The average Bonchev–Trinajstić information content (AvgIpc) is 2.34. The zero-order valence-electron chi connectivity index (χ0n) is 8.93. The van der Waals surface area contributed by atoms with Crippen molar-refractivity contribution in [2.45, 2.75) is 9.92 Å². The number of carbonyl (C=O) groups is 1. The van der Waals surface area contributed by atoms with Crippen LogP contribution in [0.25, 0.3) is 0 Å². The Bertz CT molecular complexity index is 606. The molecule has 0 aliphatic carbocycles. The molecular weight excluding hydrogens is 338 g/mol. The maximum absolute atomic E-state index is 11.0. The van der Waals surface area contributed by atoms with Crippen LogP contribution in [0.3, 0.4) is 0 Å². The molecule has 92 valence electrons. The number of hydrogen-bond acceptors (Lipinski definition) is 3. The van der Waals surface area contributed by atoms with Gasteiger partial charge in [-0.05, 0) is 46.3 Å². The van der Waals surface area contributed by atoms with Crippen LogP contribution in [0, 0.1) is 0 Å². The van der Waals surface area contributed by atoms with Gasteiger partial charge < -0.3 is 5.11 Å². The second-order valence-electron chi connectivity index (χ2n) is 3.34. The van der Waals surface area contributed by atoms with E-state index in [1.54, 1.807) is 18.3 Å². The Morgan fingerprint density at radius 1 is 1.39 bits per heavy atom. The van der Waals surface area contributed by atoms with E-state index in [-0.39, 0.29) is 10.6 Å². The van der Waals surface area contributed by atoms with E-state index in [9.17, 15) is 4.79 Å². The van der Waals surface area contributed by atoms with Gasteiger partial charge in [0.15, 0.2) is 0 Å². The van der Waals surface area contributed by atoms with Crippen LogP contribution in [-0.4, -0.2) is 16.1 Å². The summed E-state index contributed by atoms with van der Waals surface area (Å²) in [4.78, 5) is 16.0. The first kappa shape index (κ1) is 13.4. The monoisotopic (exact) mass is 343 g/mol. The molecule has 1 heterocycles. The number of benzene rings is 1. The van der Waals surface area contributed by atoms with E-state index in [2.05, 4.69) is 20.9 Å². The number of pyridine rings is 1. The van der Waals surface area contributed by atoms with Gasteiger partial charge in [-0.1, -0.05) is 23.4 Å². The third-order valence-corrected chi connectivity index (χ3v) is 4.35. The van der Waals surface area contributed by atoms with Crippen LogP contribution in [0.15, 0.2) is 50.9 Å². The van der Waals surface area contributed by atoms with Gasteiger partial charge in [0.1, 0.15) is 5.03 Å². The second kappa shape index (κ2) is 5.73. The lowest BCUT2D eigenvalue weighted by Gasteiger charge is -2.05. The molecule has 3 nitrogen and oxygen atoms in total. The summed E-state index contributed by atoms with van der Waals surface area (Å²) in [6, 6.07) is 8.57. The van der Waals surface area contributed by atoms with Gasteiger partial charge in [0.05, 0.1) is 15.1 Å². The highest BCUT2D eigenvalue weighted by Gasteiger charge is 2.11. The zero-order valence-corrected chi connectivity index (χ0v) is 12.1. The molecule has 0 radical (unpaired) electrons. The molecule has 0 aliphatic heterocycles. The van der Waals surface area contributed by atoms with Crippen molar-refractivity contribution in [3.63, 3.8) is 0 Å². The van der Waals surface area contributed by atoms with Gasteiger partial charge in [0.2, 0.25) is 0 Å². The minimum absolute atomic E-state index is 0.0914. The van der Waals surface area contributed by atoms with Crippen molar-refractivity contribution in [2.75, 3.05) is 0 Å². The Morgan fingerprint density at radius 2 is 2.17 bits per heavy atom. The first-order valence-corrected chi connectivity index (χ1v) is 6.88. The van der Waals surface area contributed by atoms with Crippen molar-refractivity contribution in [1.29, 1.82) is 0 Å². The molecule has 1 aromatic heterocycles. The van der Waals surface area contributed by atoms with Crippen LogP contribution < -0.4 is 0 Å². The Morgan fingerprint density at radius 3 is 2.83 bits per heavy atom. The van der Waals surface area contributed by atoms with Crippen molar-refractivity contribution in [2.24, 2.45) is 0 Å². The standard InChI is InChI=1S/C12H7BrClNO2S/c13-9-2-1-5-15-11(9)18-7-3-4-10(14)8(6-7)12(16)17/h1-6H,(H,16,17). The number of halogens is 2. The molecule has 6 heteroatoms. The Hall–Kier alpha value is -1.04. The van der Waals surface area contributed by atoms with E-state index in [0.717, 1.165) is 14.4 Å². The summed E-state index contributed by atoms with van der Waals surface area (Å²) < 4.78 is 0.863. The molecule has 0 unspecified atom stereocenters. The maximum Gasteiger partial charge on any atom is 0.337 e. The number of carboxylic acid groups (broad SMARTS) is 1. The van der Waals surface area contributed by atoms with Crippen molar-refractivity contribution >= 4 is 45.3 Å². The van der Waals surface area contributed by atoms with E-state index < -0.39 is 5.97 Å². The lowest BCUT2D eigenvalue weighted by atomic mass is 10.2. The summed E-state index contributed by atoms with van der Waals surface area (Å²) in [5.74, 6) is -1.04. The smallest absolute Gasteiger partial charge is 0.337 e. The molecular formula is C12H7BrClNO2S. The minimum atomic E-state index is -1.04. The number of nitrogens with zero attached hydrogens (tertiary/aromatic N) is 1. The van der Waals surface area contributed by atoms with Crippen LogP contribution in [0.2, 0.25) is 5.02 Å². The Labute approximate surface area is 121 Å². The van der Waals surface area contributed by atoms with E-state index >= 15 is 0 Å². The largest absolute Gasteiger partial charge is 0.478 e. The summed E-state index contributed by atoms with van der Waals surface area (Å²) >= 11 is 10.6. The number of hydrogen-bond donors (Lipinski definition) is 1. The van der Waals surface area contributed by atoms with Gasteiger partial charge in [0.25, 0.3) is 0 Å². The van der Waals surface area contributed by atoms with Gasteiger partial charge in [-0.2, -0.15) is 0 Å². The van der Waals surface area contributed by atoms with Crippen LogP contribution in [0.1, 0.15) is 10.4 Å². The molecule has 2 rings (SSSR count). The van der Waals surface area contributed by atoms with Crippen LogP contribution in [0.4, 0.5) is 0 Å². The minimum Gasteiger partial charge on any atom is -0.478 e. The van der Waals surface area contributed by atoms with E-state index in [1.807, 2.05) is 12.1 Å². The SMILES string of the molecule is O=C(O)c1cc(Sc2ncccc2Br)ccc1Cl. The highest BCUT2D eigenvalue weighted by Crippen LogP contribution is 2.33. The molecule has 2 aromatic rings. The first-order valence-electron chi connectivity index (χ1n) is 4.89. The molecule has 0 bridgehead atoms. The van der Waals surface area contributed by atoms with Crippen LogP contribution in [-0.2, 0) is 0 Å². The molecule has 0 saturated heterocycles. The van der Waals surface area contributed by atoms with Crippen molar-refractivity contribution in [1.82, 2.24) is 4.98 Å². The van der Waals surface area contributed by atoms with Gasteiger partial charge in [0, 0.05) is 11.1 Å². The molecule has 0 spiro atoms. The first-order chi connectivity index (χ1) is 8.58. The normalized spacial score (nSPS) is 10.3. The lowest BCUT2D eigenvalue weighted by molar-refractivity contribution is 0.0697. The predicted molar refractivity (Wildman–Crippen MR) is 74.5 cm³/mol. The van der Waals surface area contributed by atoms with Crippen molar-refractivity contribution in [3.05, 3.63) is 51.6 Å². The number of rotatable bonds is 3. The topological polar surface area (TPSA) is 50.2 Å². The highest BCUT2D eigenvalue weighted by molar-refractivity contribution is 9.10. The van der Waals surface area contributed by atoms with Crippen molar-refractivity contribution in [3.8, 4) is 0 Å². The molecule has 1 aromatic carbocycles. The summed E-state index contributed by atoms with van der Waals surface area (Å²) in [6.07, 6.45) is 1.68. The number of aromatic nitrogens is 1. The number of aromatic carboxylic acids is 1. The van der Waals surface area contributed by atoms with Crippen LogP contribution in [0.5, 0.6) is 0 Å². The summed E-state index contributed by atoms with van der Waals surface area (Å²) in [5, 5.41) is 10.00. The molecule has 0 atom stereocenters. The highest BCUT2D eigenvalue weighted by atomic mass is 79.9. The summed E-state index contributed by atoms with van der Waals surface area (Å²) in [7, 11) is 0. The van der Waals surface area contributed by atoms with Crippen LogP contribution >= 0.6 is 39.3 Å².